The van der Waals surface area contributed by atoms with Gasteiger partial charge in [-0.1, -0.05) is 30.0 Å². The van der Waals surface area contributed by atoms with E-state index >= 15 is 0 Å². The molecule has 3 rings (SSSR count). The number of nitrogens with two attached hydrogens (primary N) is 1. The first kappa shape index (κ1) is 12.9. The molecule has 2 N–H and O–H groups in total. The number of nitrogens with zero attached hydrogens (tertiary/aromatic N) is 3. The number of hydrogen-bond donors (Lipinski definition) is 1. The van der Waals surface area contributed by atoms with Crippen molar-refractivity contribution in [3.05, 3.63) is 53.9 Å². The minimum atomic E-state index is 0.573. The number of thioether (sulfide) groups is 1. The van der Waals surface area contributed by atoms with E-state index in [-0.39, 0.29) is 0 Å². The van der Waals surface area contributed by atoms with Gasteiger partial charge in [0.1, 0.15) is 5.82 Å². The molecule has 0 unspecified atom stereocenters. The van der Waals surface area contributed by atoms with Crippen molar-refractivity contribution in [2.75, 3.05) is 5.73 Å². The fourth-order valence-corrected chi connectivity index (χ4v) is 2.79. The zero-order chi connectivity index (χ0) is 13.9. The lowest BCUT2D eigenvalue weighted by Crippen LogP contribution is -1.98. The first-order valence-electron chi connectivity index (χ1n) is 6.29. The Balaban J connectivity index is 1.85. The molecule has 2 heterocycles. The summed E-state index contributed by atoms with van der Waals surface area (Å²) in [6.07, 6.45) is 1.77. The number of aromatic nitrogens is 3. The van der Waals surface area contributed by atoms with Crippen LogP contribution in [-0.4, -0.2) is 15.0 Å². The highest BCUT2D eigenvalue weighted by Gasteiger charge is 2.06. The van der Waals surface area contributed by atoms with Gasteiger partial charge >= 0.3 is 0 Å². The summed E-state index contributed by atoms with van der Waals surface area (Å²) >= 11 is 1.57. The third-order valence-corrected chi connectivity index (χ3v) is 3.88. The summed E-state index contributed by atoms with van der Waals surface area (Å²) in [4.78, 5) is 13.0. The van der Waals surface area contributed by atoms with E-state index in [4.69, 9.17) is 5.73 Å². The average Bonchev–Trinajstić information content (AvgIpc) is 2.45. The molecular weight excluding hydrogens is 268 g/mol. The molecule has 0 saturated heterocycles. The van der Waals surface area contributed by atoms with Gasteiger partial charge in [-0.3, -0.25) is 0 Å². The third kappa shape index (κ3) is 2.72. The lowest BCUT2D eigenvalue weighted by molar-refractivity contribution is 0.932. The van der Waals surface area contributed by atoms with Crippen LogP contribution >= 0.6 is 11.8 Å². The van der Waals surface area contributed by atoms with Gasteiger partial charge in [0.25, 0.3) is 0 Å². The Hall–Kier alpha value is -2.14. The summed E-state index contributed by atoms with van der Waals surface area (Å²) in [6.45, 7) is 1.96. The van der Waals surface area contributed by atoms with Gasteiger partial charge in [-0.25, -0.2) is 15.0 Å². The fourth-order valence-electron chi connectivity index (χ4n) is 1.93. The van der Waals surface area contributed by atoms with Gasteiger partial charge in [0.15, 0.2) is 5.16 Å². The molecule has 4 nitrogen and oxygen atoms in total. The Morgan fingerprint density at radius 2 is 2.00 bits per heavy atom. The van der Waals surface area contributed by atoms with Gasteiger partial charge in [0.2, 0.25) is 0 Å². The summed E-state index contributed by atoms with van der Waals surface area (Å²) in [5.41, 5.74) is 8.91. The molecule has 0 saturated carbocycles. The summed E-state index contributed by atoms with van der Waals surface area (Å²) in [6, 6.07) is 11.9. The Morgan fingerprint density at radius 1 is 1.15 bits per heavy atom. The van der Waals surface area contributed by atoms with Crippen molar-refractivity contribution < 1.29 is 0 Å². The molecule has 0 aliphatic heterocycles. The number of nitrogen functional groups attached to an aromatic ring is 1. The van der Waals surface area contributed by atoms with Crippen molar-refractivity contribution in [1.82, 2.24) is 15.0 Å². The van der Waals surface area contributed by atoms with Crippen LogP contribution in [0.2, 0.25) is 0 Å². The molecule has 0 bridgehead atoms. The summed E-state index contributed by atoms with van der Waals surface area (Å²) in [5, 5.41) is 1.86. The van der Waals surface area contributed by atoms with Crippen molar-refractivity contribution in [3.8, 4) is 0 Å². The van der Waals surface area contributed by atoms with Crippen LogP contribution in [-0.2, 0) is 5.75 Å². The van der Waals surface area contributed by atoms with E-state index in [0.717, 1.165) is 27.3 Å². The largest absolute Gasteiger partial charge is 0.383 e. The van der Waals surface area contributed by atoms with Crippen molar-refractivity contribution in [3.63, 3.8) is 0 Å². The van der Waals surface area contributed by atoms with Gasteiger partial charge in [-0.05, 0) is 25.1 Å². The predicted octanol–water partition coefficient (Wildman–Crippen LogP) is 3.21. The van der Waals surface area contributed by atoms with Gasteiger partial charge in [0.05, 0.1) is 5.52 Å². The van der Waals surface area contributed by atoms with E-state index in [9.17, 15) is 0 Å². The van der Waals surface area contributed by atoms with Gasteiger partial charge in [-0.15, -0.1) is 0 Å². The number of pyridine rings is 1. The topological polar surface area (TPSA) is 64.7 Å². The monoisotopic (exact) mass is 282 g/mol. The summed E-state index contributed by atoms with van der Waals surface area (Å²) in [5.74, 6) is 1.29. The zero-order valence-corrected chi connectivity index (χ0v) is 11.9. The molecule has 2 aromatic heterocycles. The molecule has 20 heavy (non-hydrogen) atoms. The number of anilines is 1. The van der Waals surface area contributed by atoms with Gasteiger partial charge in [0, 0.05) is 28.6 Å². The molecule has 0 atom stereocenters. The van der Waals surface area contributed by atoms with Crippen LogP contribution in [0.25, 0.3) is 10.9 Å². The molecule has 0 amide bonds. The zero-order valence-electron chi connectivity index (χ0n) is 11.1. The second kappa shape index (κ2) is 5.46. The molecule has 100 valence electrons. The van der Waals surface area contributed by atoms with Crippen molar-refractivity contribution in [2.24, 2.45) is 0 Å². The highest BCUT2D eigenvalue weighted by molar-refractivity contribution is 7.98. The Morgan fingerprint density at radius 3 is 2.85 bits per heavy atom. The van der Waals surface area contributed by atoms with E-state index in [1.165, 1.54) is 0 Å². The van der Waals surface area contributed by atoms with E-state index in [2.05, 4.69) is 21.0 Å². The lowest BCUT2D eigenvalue weighted by Gasteiger charge is -2.06. The van der Waals surface area contributed by atoms with E-state index in [1.807, 2.05) is 37.3 Å². The molecule has 0 radical (unpaired) electrons. The quantitative estimate of drug-likeness (QED) is 0.590. The highest BCUT2D eigenvalue weighted by atomic mass is 32.2. The summed E-state index contributed by atoms with van der Waals surface area (Å²) < 4.78 is 0. The number of aryl methyl sites for hydroxylation is 1. The standard InChI is InChI=1S/C15H14N4S/c1-10-6-7-17-15(18-10)20-9-12-8-11-4-2-3-5-13(11)19-14(12)16/h2-8H,9H2,1H3,(H2,16,19). The molecule has 3 aromatic rings. The minimum absolute atomic E-state index is 0.573. The number of para-hydroxylation sites is 1. The van der Waals surface area contributed by atoms with Crippen LogP contribution in [0.15, 0.2) is 47.8 Å². The summed E-state index contributed by atoms with van der Waals surface area (Å²) in [7, 11) is 0. The lowest BCUT2D eigenvalue weighted by atomic mass is 10.1. The smallest absolute Gasteiger partial charge is 0.188 e. The SMILES string of the molecule is Cc1ccnc(SCc2cc3ccccc3nc2N)n1. The second-order valence-electron chi connectivity index (χ2n) is 4.49. The molecule has 0 aliphatic carbocycles. The molecule has 5 heteroatoms. The number of hydrogen-bond acceptors (Lipinski definition) is 5. The minimum Gasteiger partial charge on any atom is -0.383 e. The van der Waals surface area contributed by atoms with Crippen LogP contribution in [0.4, 0.5) is 5.82 Å². The maximum absolute atomic E-state index is 6.02. The number of rotatable bonds is 3. The Labute approximate surface area is 121 Å². The average molecular weight is 282 g/mol. The highest BCUT2D eigenvalue weighted by Crippen LogP contribution is 2.25. The van der Waals surface area contributed by atoms with Crippen molar-refractivity contribution >= 4 is 28.5 Å². The number of fused-ring (bicyclic) bond motifs is 1. The molecular formula is C15H14N4S. The Bertz CT molecular complexity index is 758. The fraction of sp³-hybridized carbons (Fsp3) is 0.133. The molecule has 0 spiro atoms. The van der Waals surface area contributed by atoms with Crippen LogP contribution in [0.5, 0.6) is 0 Å². The first-order chi connectivity index (χ1) is 9.72. The van der Waals surface area contributed by atoms with Crippen LogP contribution < -0.4 is 5.73 Å². The first-order valence-corrected chi connectivity index (χ1v) is 7.27. The van der Waals surface area contributed by atoms with Crippen LogP contribution in [0, 0.1) is 6.92 Å². The molecule has 0 aliphatic rings. The number of benzene rings is 1. The maximum Gasteiger partial charge on any atom is 0.188 e. The second-order valence-corrected chi connectivity index (χ2v) is 5.44. The molecule has 1 aromatic carbocycles. The predicted molar refractivity (Wildman–Crippen MR) is 82.5 cm³/mol. The van der Waals surface area contributed by atoms with Crippen LogP contribution in [0.1, 0.15) is 11.3 Å². The maximum atomic E-state index is 6.02. The normalized spacial score (nSPS) is 10.8. The van der Waals surface area contributed by atoms with E-state index in [0.29, 0.717) is 11.6 Å². The van der Waals surface area contributed by atoms with Gasteiger partial charge in [-0.2, -0.15) is 0 Å². The Kier molecular flexibility index (Phi) is 3.52. The van der Waals surface area contributed by atoms with Crippen molar-refractivity contribution in [2.45, 2.75) is 17.8 Å². The van der Waals surface area contributed by atoms with E-state index < -0.39 is 0 Å². The van der Waals surface area contributed by atoms with Gasteiger partial charge < -0.3 is 5.73 Å². The third-order valence-electron chi connectivity index (χ3n) is 2.97. The van der Waals surface area contributed by atoms with Crippen molar-refractivity contribution in [1.29, 1.82) is 0 Å². The molecule has 0 fully saturated rings. The van der Waals surface area contributed by atoms with Crippen LogP contribution in [0.3, 0.4) is 0 Å². The van der Waals surface area contributed by atoms with E-state index in [1.54, 1.807) is 18.0 Å².